The van der Waals surface area contributed by atoms with Crippen molar-refractivity contribution in [3.63, 3.8) is 0 Å². The average molecular weight is 416 g/mol. The number of rotatable bonds is 8. The normalized spacial score (nSPS) is 19.5. The Bertz CT molecular complexity index is 649. The van der Waals surface area contributed by atoms with Crippen molar-refractivity contribution >= 4 is 11.6 Å². The van der Waals surface area contributed by atoms with E-state index >= 15 is 0 Å². The van der Waals surface area contributed by atoms with E-state index in [4.69, 9.17) is 4.74 Å². The summed E-state index contributed by atoms with van der Waals surface area (Å²) in [5.41, 5.74) is 3.50. The number of para-hydroxylation sites is 1. The van der Waals surface area contributed by atoms with Gasteiger partial charge < -0.3 is 10.1 Å². The van der Waals surface area contributed by atoms with Crippen LogP contribution in [0.5, 0.6) is 0 Å². The fraction of sp³-hybridized carbons (Fsp3) is 0.720. The SMILES string of the molecule is CC(C)c1cccc(C(C)C)c1NC(=O)CN1CCC(CCN2CCOCC2)CC1. The lowest BCUT2D eigenvalue weighted by molar-refractivity contribution is -0.117. The second kappa shape index (κ2) is 11.3. The molecule has 1 aromatic rings. The first-order valence-corrected chi connectivity index (χ1v) is 11.9. The van der Waals surface area contributed by atoms with E-state index in [1.54, 1.807) is 0 Å². The fourth-order valence-electron chi connectivity index (χ4n) is 4.70. The first kappa shape index (κ1) is 23.2. The van der Waals surface area contributed by atoms with E-state index in [0.29, 0.717) is 18.4 Å². The number of hydrogen-bond donors (Lipinski definition) is 1. The number of carbonyl (C=O) groups excluding carboxylic acids is 1. The molecule has 1 aromatic carbocycles. The zero-order valence-corrected chi connectivity index (χ0v) is 19.5. The molecule has 2 aliphatic rings. The van der Waals surface area contributed by atoms with Gasteiger partial charge in [0.05, 0.1) is 19.8 Å². The van der Waals surface area contributed by atoms with Gasteiger partial charge in [-0.15, -0.1) is 0 Å². The van der Waals surface area contributed by atoms with Crippen LogP contribution in [0.2, 0.25) is 0 Å². The average Bonchev–Trinajstić information content (AvgIpc) is 2.73. The van der Waals surface area contributed by atoms with Gasteiger partial charge in [-0.1, -0.05) is 45.9 Å². The lowest BCUT2D eigenvalue weighted by Crippen LogP contribution is -2.41. The van der Waals surface area contributed by atoms with Crippen LogP contribution < -0.4 is 5.32 Å². The van der Waals surface area contributed by atoms with E-state index in [-0.39, 0.29) is 5.91 Å². The number of amides is 1. The molecule has 2 saturated heterocycles. The van der Waals surface area contributed by atoms with Crippen LogP contribution in [0.3, 0.4) is 0 Å². The molecule has 1 amide bonds. The first-order chi connectivity index (χ1) is 14.4. The molecule has 0 aliphatic carbocycles. The highest BCUT2D eigenvalue weighted by Gasteiger charge is 2.23. The molecule has 0 unspecified atom stereocenters. The van der Waals surface area contributed by atoms with Gasteiger partial charge in [-0.25, -0.2) is 0 Å². The number of benzene rings is 1. The number of hydrogen-bond acceptors (Lipinski definition) is 4. The third kappa shape index (κ3) is 6.53. The van der Waals surface area contributed by atoms with Crippen LogP contribution >= 0.6 is 0 Å². The van der Waals surface area contributed by atoms with Crippen molar-refractivity contribution in [2.45, 2.75) is 58.8 Å². The number of piperidine rings is 1. The van der Waals surface area contributed by atoms with Crippen molar-refractivity contribution in [1.29, 1.82) is 0 Å². The summed E-state index contributed by atoms with van der Waals surface area (Å²) in [6, 6.07) is 6.40. The van der Waals surface area contributed by atoms with E-state index in [9.17, 15) is 4.79 Å². The third-order valence-electron chi connectivity index (χ3n) is 6.67. The number of carbonyl (C=O) groups is 1. The molecule has 0 atom stereocenters. The van der Waals surface area contributed by atoms with Gasteiger partial charge in [0, 0.05) is 18.8 Å². The van der Waals surface area contributed by atoms with Crippen LogP contribution in [0, 0.1) is 5.92 Å². The Morgan fingerprint density at radius 2 is 1.60 bits per heavy atom. The second-order valence-corrected chi connectivity index (χ2v) is 9.63. The van der Waals surface area contributed by atoms with Gasteiger partial charge in [0.15, 0.2) is 0 Å². The van der Waals surface area contributed by atoms with Gasteiger partial charge in [0.1, 0.15) is 0 Å². The smallest absolute Gasteiger partial charge is 0.238 e. The Balaban J connectivity index is 1.47. The molecular formula is C25H41N3O2. The Morgan fingerprint density at radius 1 is 1.00 bits per heavy atom. The van der Waals surface area contributed by atoms with Crippen molar-refractivity contribution in [2.75, 3.05) is 57.8 Å². The molecule has 2 fully saturated rings. The van der Waals surface area contributed by atoms with E-state index in [2.05, 4.69) is 61.0 Å². The summed E-state index contributed by atoms with van der Waals surface area (Å²) in [6.45, 7) is 16.4. The minimum Gasteiger partial charge on any atom is -0.379 e. The van der Waals surface area contributed by atoms with Gasteiger partial charge in [0.2, 0.25) is 5.91 Å². The summed E-state index contributed by atoms with van der Waals surface area (Å²) in [7, 11) is 0. The zero-order valence-electron chi connectivity index (χ0n) is 19.5. The maximum atomic E-state index is 12.9. The molecular weight excluding hydrogens is 374 g/mol. The van der Waals surface area contributed by atoms with Gasteiger partial charge >= 0.3 is 0 Å². The molecule has 168 valence electrons. The van der Waals surface area contributed by atoms with E-state index in [1.165, 1.54) is 36.9 Å². The molecule has 2 heterocycles. The van der Waals surface area contributed by atoms with Gasteiger partial charge in [-0.2, -0.15) is 0 Å². The minimum absolute atomic E-state index is 0.122. The van der Waals surface area contributed by atoms with Crippen LogP contribution in [-0.2, 0) is 9.53 Å². The molecule has 30 heavy (non-hydrogen) atoms. The van der Waals surface area contributed by atoms with Crippen LogP contribution in [0.15, 0.2) is 18.2 Å². The van der Waals surface area contributed by atoms with Gasteiger partial charge in [-0.3, -0.25) is 14.6 Å². The summed E-state index contributed by atoms with van der Waals surface area (Å²) in [6.07, 6.45) is 3.69. The third-order valence-corrected chi connectivity index (χ3v) is 6.67. The maximum Gasteiger partial charge on any atom is 0.238 e. The number of morpholine rings is 1. The largest absolute Gasteiger partial charge is 0.379 e. The molecule has 3 rings (SSSR count). The van der Waals surface area contributed by atoms with Crippen LogP contribution in [0.4, 0.5) is 5.69 Å². The summed E-state index contributed by atoms with van der Waals surface area (Å²) < 4.78 is 5.44. The Morgan fingerprint density at radius 3 is 2.17 bits per heavy atom. The number of nitrogens with one attached hydrogen (secondary N) is 1. The Labute approximate surface area is 183 Å². The standard InChI is InChI=1S/C25H41N3O2/c1-19(2)22-6-5-7-23(20(3)4)25(22)26-24(29)18-28-12-9-21(10-13-28)8-11-27-14-16-30-17-15-27/h5-7,19-21H,8-18H2,1-4H3,(H,26,29). The van der Waals surface area contributed by atoms with Crippen molar-refractivity contribution in [2.24, 2.45) is 5.92 Å². The van der Waals surface area contributed by atoms with E-state index < -0.39 is 0 Å². The van der Waals surface area contributed by atoms with Crippen LogP contribution in [0.25, 0.3) is 0 Å². The lowest BCUT2D eigenvalue weighted by atomic mass is 9.92. The summed E-state index contributed by atoms with van der Waals surface area (Å²) >= 11 is 0. The topological polar surface area (TPSA) is 44.8 Å². The lowest BCUT2D eigenvalue weighted by Gasteiger charge is -2.33. The molecule has 0 saturated carbocycles. The highest BCUT2D eigenvalue weighted by molar-refractivity contribution is 5.94. The molecule has 5 nitrogen and oxygen atoms in total. The highest BCUT2D eigenvalue weighted by Crippen LogP contribution is 2.32. The van der Waals surface area contributed by atoms with E-state index in [1.807, 2.05) is 0 Å². The Kier molecular flexibility index (Phi) is 8.72. The molecule has 0 radical (unpaired) electrons. The quantitative estimate of drug-likeness (QED) is 0.687. The molecule has 5 heteroatoms. The number of nitrogens with zero attached hydrogens (tertiary/aromatic N) is 2. The first-order valence-electron chi connectivity index (χ1n) is 11.9. The minimum atomic E-state index is 0.122. The van der Waals surface area contributed by atoms with E-state index in [0.717, 1.165) is 51.0 Å². The van der Waals surface area contributed by atoms with Crippen molar-refractivity contribution in [1.82, 2.24) is 9.80 Å². The Hall–Kier alpha value is -1.43. The van der Waals surface area contributed by atoms with Crippen LogP contribution in [-0.4, -0.2) is 68.2 Å². The van der Waals surface area contributed by atoms with Gasteiger partial charge in [-0.05, 0) is 67.8 Å². The molecule has 2 aliphatic heterocycles. The van der Waals surface area contributed by atoms with Crippen molar-refractivity contribution in [3.05, 3.63) is 29.3 Å². The monoisotopic (exact) mass is 415 g/mol. The predicted octanol–water partition coefficient (Wildman–Crippen LogP) is 4.31. The number of ether oxygens (including phenoxy) is 1. The fourth-order valence-corrected chi connectivity index (χ4v) is 4.70. The van der Waals surface area contributed by atoms with Crippen molar-refractivity contribution < 1.29 is 9.53 Å². The van der Waals surface area contributed by atoms with Crippen molar-refractivity contribution in [3.8, 4) is 0 Å². The molecule has 1 N–H and O–H groups in total. The number of likely N-dealkylation sites (tertiary alicyclic amines) is 1. The number of anilines is 1. The summed E-state index contributed by atoms with van der Waals surface area (Å²) in [5.74, 6) is 1.69. The summed E-state index contributed by atoms with van der Waals surface area (Å²) in [4.78, 5) is 17.7. The highest BCUT2D eigenvalue weighted by atomic mass is 16.5. The zero-order chi connectivity index (χ0) is 21.5. The molecule has 0 spiro atoms. The summed E-state index contributed by atoms with van der Waals surface area (Å²) in [5, 5.41) is 3.27. The predicted molar refractivity (Wildman–Crippen MR) is 124 cm³/mol. The van der Waals surface area contributed by atoms with Gasteiger partial charge in [0.25, 0.3) is 0 Å². The molecule has 0 bridgehead atoms. The second-order valence-electron chi connectivity index (χ2n) is 9.63. The van der Waals surface area contributed by atoms with Crippen LogP contribution in [0.1, 0.15) is 69.9 Å². The maximum absolute atomic E-state index is 12.9. The molecule has 0 aromatic heterocycles.